The van der Waals surface area contributed by atoms with Gasteiger partial charge in [-0.05, 0) is 124 Å². The van der Waals surface area contributed by atoms with Gasteiger partial charge in [-0.25, -0.2) is 0 Å². The molecule has 8 atom stereocenters. The fourth-order valence-corrected chi connectivity index (χ4v) is 9.76. The summed E-state index contributed by atoms with van der Waals surface area (Å²) in [5.74, 6) is 2.50. The smallest absolute Gasteiger partial charge is 0.390 e. The number of aliphatic hydroxyl groups is 2. The molecule has 0 aromatic carbocycles. The fourth-order valence-electron chi connectivity index (χ4n) is 9.76. The van der Waals surface area contributed by atoms with Gasteiger partial charge in [0, 0.05) is 13.2 Å². The molecule has 0 bridgehead atoms. The number of halogens is 3. The first-order valence-electron chi connectivity index (χ1n) is 14.0. The Morgan fingerprint density at radius 1 is 0.824 bits per heavy atom. The summed E-state index contributed by atoms with van der Waals surface area (Å²) in [5.41, 5.74) is -2.75. The van der Waals surface area contributed by atoms with Crippen LogP contribution in [0.15, 0.2) is 0 Å². The second-order valence-corrected chi connectivity index (χ2v) is 13.4. The van der Waals surface area contributed by atoms with Crippen molar-refractivity contribution in [1.29, 1.82) is 0 Å². The third-order valence-electron chi connectivity index (χ3n) is 12.1. The molecule has 4 saturated carbocycles. The number of fused-ring (bicyclic) bond motifs is 5. The van der Waals surface area contributed by atoms with E-state index in [2.05, 4.69) is 13.8 Å². The Labute approximate surface area is 203 Å². The maximum Gasteiger partial charge on any atom is 0.417 e. The molecule has 196 valence electrons. The summed E-state index contributed by atoms with van der Waals surface area (Å²) in [7, 11) is 0. The molecule has 0 radical (unpaired) electrons. The lowest BCUT2D eigenvalue weighted by atomic mass is 9.43. The minimum atomic E-state index is -4.52. The van der Waals surface area contributed by atoms with Crippen molar-refractivity contribution >= 4 is 0 Å². The lowest BCUT2D eigenvalue weighted by Crippen LogP contribution is -2.59. The number of hydrogen-bond acceptors (Lipinski definition) is 3. The largest absolute Gasteiger partial charge is 0.417 e. The number of hydrogen-bond donors (Lipinski definition) is 2. The predicted molar refractivity (Wildman–Crippen MR) is 125 cm³/mol. The third kappa shape index (κ3) is 4.06. The first-order chi connectivity index (χ1) is 15.9. The van der Waals surface area contributed by atoms with E-state index >= 15 is 0 Å². The molecule has 1 heterocycles. The van der Waals surface area contributed by atoms with Crippen molar-refractivity contribution in [2.24, 2.45) is 40.4 Å². The minimum absolute atomic E-state index is 0.0177. The molecule has 2 N–H and O–H groups in total. The fraction of sp³-hybridized carbons (Fsp3) is 1.00. The van der Waals surface area contributed by atoms with E-state index < -0.39 is 17.4 Å². The van der Waals surface area contributed by atoms with Gasteiger partial charge in [-0.15, -0.1) is 0 Å². The molecule has 0 amide bonds. The number of ether oxygens (including phenoxy) is 1. The van der Waals surface area contributed by atoms with Crippen molar-refractivity contribution in [3.8, 4) is 0 Å². The Bertz CT molecular complexity index is 750. The molecular formula is C28H45F3O3. The van der Waals surface area contributed by atoms with Crippen molar-refractivity contribution < 1.29 is 28.1 Å². The highest BCUT2D eigenvalue weighted by Crippen LogP contribution is 2.69. The summed E-state index contributed by atoms with van der Waals surface area (Å²) < 4.78 is 46.2. The van der Waals surface area contributed by atoms with Gasteiger partial charge in [0.1, 0.15) is 0 Å². The van der Waals surface area contributed by atoms with E-state index in [-0.39, 0.29) is 24.2 Å². The van der Waals surface area contributed by atoms with E-state index in [4.69, 9.17) is 4.74 Å². The summed E-state index contributed by atoms with van der Waals surface area (Å²) in [6.07, 6.45) is 7.11. The summed E-state index contributed by atoms with van der Waals surface area (Å²) in [4.78, 5) is 0. The molecular weight excluding hydrogens is 441 g/mol. The van der Waals surface area contributed by atoms with Crippen molar-refractivity contribution in [2.45, 2.75) is 121 Å². The average molecular weight is 487 g/mol. The molecule has 3 nitrogen and oxygen atoms in total. The zero-order valence-corrected chi connectivity index (χ0v) is 21.1. The van der Waals surface area contributed by atoms with E-state index in [1.54, 1.807) is 0 Å². The topological polar surface area (TPSA) is 49.7 Å². The van der Waals surface area contributed by atoms with E-state index in [1.807, 2.05) is 0 Å². The van der Waals surface area contributed by atoms with Crippen molar-refractivity contribution in [3.05, 3.63) is 0 Å². The summed E-state index contributed by atoms with van der Waals surface area (Å²) >= 11 is 0. The summed E-state index contributed by atoms with van der Waals surface area (Å²) in [5, 5.41) is 21.3. The Morgan fingerprint density at radius 2 is 1.53 bits per heavy atom. The van der Waals surface area contributed by atoms with E-state index in [1.165, 1.54) is 25.7 Å². The minimum Gasteiger partial charge on any atom is -0.390 e. The van der Waals surface area contributed by atoms with Crippen LogP contribution in [0.2, 0.25) is 0 Å². The van der Waals surface area contributed by atoms with Gasteiger partial charge in [0.2, 0.25) is 0 Å². The molecule has 0 spiro atoms. The van der Waals surface area contributed by atoms with Crippen LogP contribution in [0.1, 0.15) is 104 Å². The van der Waals surface area contributed by atoms with Crippen LogP contribution in [0.3, 0.4) is 0 Å². The Morgan fingerprint density at radius 3 is 2.24 bits per heavy atom. The van der Waals surface area contributed by atoms with Gasteiger partial charge in [0.15, 0.2) is 5.60 Å². The van der Waals surface area contributed by atoms with E-state index in [9.17, 15) is 23.4 Å². The van der Waals surface area contributed by atoms with Gasteiger partial charge in [-0.1, -0.05) is 20.3 Å². The van der Waals surface area contributed by atoms with Gasteiger partial charge < -0.3 is 14.9 Å². The van der Waals surface area contributed by atoms with Crippen molar-refractivity contribution in [3.63, 3.8) is 0 Å². The highest BCUT2D eigenvalue weighted by Gasteiger charge is 2.64. The zero-order valence-electron chi connectivity index (χ0n) is 21.1. The molecule has 5 fully saturated rings. The Kier molecular flexibility index (Phi) is 6.42. The lowest BCUT2D eigenvalue weighted by Gasteiger charge is -2.62. The summed E-state index contributed by atoms with van der Waals surface area (Å²) in [6, 6.07) is 0. The van der Waals surface area contributed by atoms with Crippen LogP contribution < -0.4 is 0 Å². The Balaban J connectivity index is 1.24. The zero-order chi connectivity index (χ0) is 24.4. The van der Waals surface area contributed by atoms with Crippen LogP contribution in [-0.2, 0) is 4.74 Å². The van der Waals surface area contributed by atoms with Gasteiger partial charge in [-0.3, -0.25) is 0 Å². The SMILES string of the molecule is C[C@]12CC[C@@](O)(C(F)(F)F)C[C@@H]1CC[C@@H]1[C@@H]2CC[C@]2(C)[C@H](CCCC3(O)CCOCC3)CC[C@@H]12. The second kappa shape index (κ2) is 8.62. The van der Waals surface area contributed by atoms with Crippen LogP contribution in [0, 0.1) is 40.4 Å². The standard InChI is InChI=1S/C28H45F3O3/c1-24-11-9-23-21(7-5-20-18-27(33,28(29,30)31)13-12-25(20,23)2)22(24)8-6-19(24)4-3-10-26(32)14-16-34-17-15-26/h19-23,32-33H,3-18H2,1-2H3/t19-,20+,21+,22+,23+,24-,25+,27+/m1/s1. The monoisotopic (exact) mass is 486 g/mol. The van der Waals surface area contributed by atoms with Crippen LogP contribution in [0.5, 0.6) is 0 Å². The quantitative estimate of drug-likeness (QED) is 0.468. The van der Waals surface area contributed by atoms with Crippen LogP contribution in [0.25, 0.3) is 0 Å². The highest BCUT2D eigenvalue weighted by molar-refractivity contribution is 5.11. The number of rotatable bonds is 4. The average Bonchev–Trinajstić information content (AvgIpc) is 3.10. The highest BCUT2D eigenvalue weighted by atomic mass is 19.4. The normalized spacial score (nSPS) is 48.6. The van der Waals surface area contributed by atoms with Gasteiger partial charge >= 0.3 is 6.18 Å². The third-order valence-corrected chi connectivity index (χ3v) is 12.1. The van der Waals surface area contributed by atoms with Crippen LogP contribution >= 0.6 is 0 Å². The molecule has 0 unspecified atom stereocenters. The first-order valence-corrected chi connectivity index (χ1v) is 14.0. The molecule has 5 aliphatic rings. The van der Waals surface area contributed by atoms with Crippen LogP contribution in [-0.4, -0.2) is 40.8 Å². The molecule has 5 rings (SSSR count). The second-order valence-electron chi connectivity index (χ2n) is 13.4. The van der Waals surface area contributed by atoms with Gasteiger partial charge in [0.05, 0.1) is 5.60 Å². The van der Waals surface area contributed by atoms with Gasteiger partial charge in [-0.2, -0.15) is 13.2 Å². The lowest BCUT2D eigenvalue weighted by molar-refractivity contribution is -0.290. The predicted octanol–water partition coefficient (Wildman–Crippen LogP) is 6.65. The Hall–Kier alpha value is -0.330. The molecule has 34 heavy (non-hydrogen) atoms. The van der Waals surface area contributed by atoms with Crippen LogP contribution in [0.4, 0.5) is 13.2 Å². The number of alkyl halides is 3. The maximum absolute atomic E-state index is 13.6. The molecule has 4 aliphatic carbocycles. The molecule has 6 heteroatoms. The summed E-state index contributed by atoms with van der Waals surface area (Å²) in [6.45, 7) is 6.10. The molecule has 1 saturated heterocycles. The van der Waals surface area contributed by atoms with Crippen molar-refractivity contribution in [2.75, 3.05) is 13.2 Å². The maximum atomic E-state index is 13.6. The van der Waals surface area contributed by atoms with Crippen molar-refractivity contribution in [1.82, 2.24) is 0 Å². The molecule has 1 aliphatic heterocycles. The van der Waals surface area contributed by atoms with E-state index in [0.717, 1.165) is 44.9 Å². The van der Waals surface area contributed by atoms with Gasteiger partial charge in [0.25, 0.3) is 0 Å². The molecule has 0 aromatic heterocycles. The first kappa shape index (κ1) is 25.3. The van der Waals surface area contributed by atoms with E-state index in [0.29, 0.717) is 48.7 Å². The molecule has 0 aromatic rings.